The number of hydrogen-bond donors (Lipinski definition) is 3. The third-order valence-corrected chi connectivity index (χ3v) is 7.33. The number of benzene rings is 3. The van der Waals surface area contributed by atoms with Gasteiger partial charge in [0, 0.05) is 33.2 Å². The molecule has 0 aromatic heterocycles. The Morgan fingerprint density at radius 1 is 1.00 bits per heavy atom. The van der Waals surface area contributed by atoms with Crippen molar-refractivity contribution in [1.82, 2.24) is 5.32 Å². The number of allylic oxidation sites excluding steroid dienone is 3. The second-order valence-corrected chi connectivity index (χ2v) is 9.86. The highest BCUT2D eigenvalue weighted by Gasteiger charge is 2.15. The summed E-state index contributed by atoms with van der Waals surface area (Å²) in [4.78, 5) is 7.92. The minimum Gasteiger partial charge on any atom is -0.383 e. The molecule has 0 fully saturated rings. The summed E-state index contributed by atoms with van der Waals surface area (Å²) in [5.41, 5.74) is 12.8. The maximum atomic E-state index is 6.17. The van der Waals surface area contributed by atoms with Gasteiger partial charge >= 0.3 is 0 Å². The largest absolute Gasteiger partial charge is 0.383 e. The molecule has 1 aliphatic carbocycles. The number of nitrogens with one attached hydrogen (secondary N) is 2. The van der Waals surface area contributed by atoms with Crippen molar-refractivity contribution in [3.05, 3.63) is 102 Å². The van der Waals surface area contributed by atoms with Crippen LogP contribution in [0.4, 0.5) is 17.1 Å². The molecule has 3 aromatic rings. The quantitative estimate of drug-likeness (QED) is 0.122. The molecule has 0 radical (unpaired) electrons. The number of nitrogens with two attached hydrogens (primary N) is 1. The van der Waals surface area contributed by atoms with Crippen LogP contribution in [0.15, 0.2) is 105 Å². The first kappa shape index (κ1) is 22.6. The van der Waals surface area contributed by atoms with Crippen LogP contribution >= 0.6 is 24.0 Å². The molecule has 2 aliphatic rings. The SMILES string of the molecule is NC(=Nc1ccc(CCNCc2ccc3c(c2)Sc2ccccc2N3)cc1)C1=CC=CCC1=S. The Kier molecular flexibility index (Phi) is 6.90. The van der Waals surface area contributed by atoms with Gasteiger partial charge in [-0.05, 0) is 60.5 Å². The van der Waals surface area contributed by atoms with Gasteiger partial charge in [-0.3, -0.25) is 0 Å². The number of amidine groups is 1. The van der Waals surface area contributed by atoms with Crippen molar-refractivity contribution in [2.24, 2.45) is 10.7 Å². The number of anilines is 2. The molecule has 0 spiro atoms. The molecule has 0 saturated carbocycles. The van der Waals surface area contributed by atoms with Gasteiger partial charge in [-0.15, -0.1) is 0 Å². The molecule has 3 aromatic carbocycles. The van der Waals surface area contributed by atoms with E-state index < -0.39 is 0 Å². The highest BCUT2D eigenvalue weighted by atomic mass is 32.2. The van der Waals surface area contributed by atoms with Crippen molar-refractivity contribution in [3.63, 3.8) is 0 Å². The van der Waals surface area contributed by atoms with E-state index in [1.54, 1.807) is 0 Å². The maximum absolute atomic E-state index is 6.17. The lowest BCUT2D eigenvalue weighted by Crippen LogP contribution is -2.20. The molecular weight excluding hydrogens is 456 g/mol. The molecule has 0 amide bonds. The Hall–Kier alpha value is -3.19. The van der Waals surface area contributed by atoms with Crippen LogP contribution in [-0.4, -0.2) is 17.2 Å². The number of rotatable bonds is 7. The average molecular weight is 483 g/mol. The zero-order chi connectivity index (χ0) is 23.3. The molecule has 170 valence electrons. The van der Waals surface area contributed by atoms with Crippen molar-refractivity contribution >= 4 is 51.7 Å². The lowest BCUT2D eigenvalue weighted by Gasteiger charge is -2.21. The van der Waals surface area contributed by atoms with E-state index in [9.17, 15) is 0 Å². The van der Waals surface area contributed by atoms with E-state index in [0.29, 0.717) is 5.84 Å². The topological polar surface area (TPSA) is 62.4 Å². The van der Waals surface area contributed by atoms with E-state index in [1.165, 1.54) is 32.3 Å². The molecule has 4 nitrogen and oxygen atoms in total. The van der Waals surface area contributed by atoms with E-state index in [0.717, 1.165) is 42.1 Å². The minimum absolute atomic E-state index is 0.477. The molecule has 0 saturated heterocycles. The van der Waals surface area contributed by atoms with E-state index >= 15 is 0 Å². The van der Waals surface area contributed by atoms with E-state index in [4.69, 9.17) is 18.0 Å². The Morgan fingerprint density at radius 3 is 2.65 bits per heavy atom. The summed E-state index contributed by atoms with van der Waals surface area (Å²) in [6, 6.07) is 23.3. The molecule has 0 unspecified atom stereocenters. The molecule has 6 heteroatoms. The molecule has 34 heavy (non-hydrogen) atoms. The maximum Gasteiger partial charge on any atom is 0.132 e. The van der Waals surface area contributed by atoms with Gasteiger partial charge in [0.05, 0.1) is 17.1 Å². The van der Waals surface area contributed by atoms with Gasteiger partial charge < -0.3 is 16.4 Å². The third kappa shape index (κ3) is 5.30. The van der Waals surface area contributed by atoms with Crippen LogP contribution in [0.25, 0.3) is 0 Å². The lowest BCUT2D eigenvalue weighted by molar-refractivity contribution is 0.686. The number of para-hydroxylation sites is 1. The van der Waals surface area contributed by atoms with Gasteiger partial charge in [-0.2, -0.15) is 0 Å². The Labute approximate surface area is 210 Å². The van der Waals surface area contributed by atoms with E-state index in [-0.39, 0.29) is 0 Å². The number of thiocarbonyl (C=S) groups is 1. The van der Waals surface area contributed by atoms with E-state index in [2.05, 4.69) is 70.2 Å². The van der Waals surface area contributed by atoms with Crippen LogP contribution < -0.4 is 16.4 Å². The molecule has 0 atom stereocenters. The van der Waals surface area contributed by atoms with Gasteiger partial charge in [0.15, 0.2) is 0 Å². The average Bonchev–Trinajstić information content (AvgIpc) is 2.86. The van der Waals surface area contributed by atoms with Crippen LogP contribution in [0.5, 0.6) is 0 Å². The molecule has 1 aliphatic heterocycles. The van der Waals surface area contributed by atoms with Crippen LogP contribution in [0.3, 0.4) is 0 Å². The van der Waals surface area contributed by atoms with Crippen LogP contribution in [0.2, 0.25) is 0 Å². The van der Waals surface area contributed by atoms with Crippen molar-refractivity contribution in [2.45, 2.75) is 29.2 Å². The number of hydrogen-bond acceptors (Lipinski definition) is 5. The highest BCUT2D eigenvalue weighted by molar-refractivity contribution is 7.99. The monoisotopic (exact) mass is 482 g/mol. The van der Waals surface area contributed by atoms with Gasteiger partial charge in [-0.1, -0.05) is 72.5 Å². The van der Waals surface area contributed by atoms with Crippen LogP contribution in [0, 0.1) is 0 Å². The van der Waals surface area contributed by atoms with Gasteiger partial charge in [0.2, 0.25) is 0 Å². The number of aliphatic imine (C=N–C) groups is 1. The fraction of sp³-hybridized carbons (Fsp3) is 0.143. The van der Waals surface area contributed by atoms with E-state index in [1.807, 2.05) is 42.1 Å². The molecule has 0 bridgehead atoms. The first-order valence-corrected chi connectivity index (χ1v) is 12.6. The predicted octanol–water partition coefficient (Wildman–Crippen LogP) is 6.47. The summed E-state index contributed by atoms with van der Waals surface area (Å²) in [5, 5.41) is 7.09. The number of fused-ring (bicyclic) bond motifs is 2. The zero-order valence-electron chi connectivity index (χ0n) is 18.8. The standard InChI is InChI=1S/C28H26N4S2/c29-28(22-5-1-3-7-25(22)33)31-21-12-9-19(10-13-21)15-16-30-18-20-11-14-24-27(17-20)34-26-8-4-2-6-23(26)32-24/h1-6,8-14,17,30,32H,7,15-16,18H2,(H2,29,31). The summed E-state index contributed by atoms with van der Waals surface area (Å²) in [7, 11) is 0. The summed E-state index contributed by atoms with van der Waals surface area (Å²) in [6.45, 7) is 1.75. The molecule has 5 rings (SSSR count). The second-order valence-electron chi connectivity index (χ2n) is 8.28. The van der Waals surface area contributed by atoms with Crippen molar-refractivity contribution in [1.29, 1.82) is 0 Å². The van der Waals surface area contributed by atoms with Gasteiger partial charge in [-0.25, -0.2) is 4.99 Å². The van der Waals surface area contributed by atoms with Crippen molar-refractivity contribution in [3.8, 4) is 0 Å². The molecular formula is C28H26N4S2. The summed E-state index contributed by atoms with van der Waals surface area (Å²) < 4.78 is 0. The molecule has 4 N–H and O–H groups in total. The first-order valence-electron chi connectivity index (χ1n) is 11.4. The van der Waals surface area contributed by atoms with Crippen LogP contribution in [0.1, 0.15) is 17.5 Å². The fourth-order valence-electron chi connectivity index (χ4n) is 3.96. The normalized spacial score (nSPS) is 14.8. The van der Waals surface area contributed by atoms with Gasteiger partial charge in [0.25, 0.3) is 0 Å². The molecule has 1 heterocycles. The summed E-state index contributed by atoms with van der Waals surface area (Å²) in [6.07, 6.45) is 7.64. The minimum atomic E-state index is 0.477. The van der Waals surface area contributed by atoms with Crippen molar-refractivity contribution in [2.75, 3.05) is 11.9 Å². The lowest BCUT2D eigenvalue weighted by atomic mass is 10.0. The fourth-order valence-corrected chi connectivity index (χ4v) is 5.28. The summed E-state index contributed by atoms with van der Waals surface area (Å²) >= 11 is 7.21. The van der Waals surface area contributed by atoms with Crippen molar-refractivity contribution < 1.29 is 0 Å². The predicted molar refractivity (Wildman–Crippen MR) is 148 cm³/mol. The Balaban J connectivity index is 1.12. The first-order chi connectivity index (χ1) is 16.7. The van der Waals surface area contributed by atoms with Gasteiger partial charge in [0.1, 0.15) is 5.84 Å². The number of nitrogens with zero attached hydrogens (tertiary/aromatic N) is 1. The highest BCUT2D eigenvalue weighted by Crippen LogP contribution is 2.44. The Morgan fingerprint density at radius 2 is 1.79 bits per heavy atom. The second kappa shape index (κ2) is 10.4. The summed E-state index contributed by atoms with van der Waals surface area (Å²) in [5.74, 6) is 0.477. The zero-order valence-corrected chi connectivity index (χ0v) is 20.4. The Bertz CT molecular complexity index is 1310. The van der Waals surface area contributed by atoms with Crippen LogP contribution in [-0.2, 0) is 13.0 Å². The third-order valence-electron chi connectivity index (χ3n) is 5.81. The smallest absolute Gasteiger partial charge is 0.132 e.